The van der Waals surface area contributed by atoms with Crippen molar-refractivity contribution in [1.82, 2.24) is 0 Å². The summed E-state index contributed by atoms with van der Waals surface area (Å²) in [6, 6.07) is 8.63. The van der Waals surface area contributed by atoms with Gasteiger partial charge in [-0.05, 0) is 30.7 Å². The average Bonchev–Trinajstić information content (AvgIpc) is 2.70. The number of hydrogen-bond donors (Lipinski definition) is 1. The minimum Gasteiger partial charge on any atom is -0.460 e. The molecular weight excluding hydrogens is 193 g/mol. The summed E-state index contributed by atoms with van der Waals surface area (Å²) in [6.45, 7) is 2.08. The fourth-order valence-corrected chi connectivity index (χ4v) is 1.39. The molecule has 78 valence electrons. The number of furan rings is 1. The van der Waals surface area contributed by atoms with Crippen LogP contribution in [-0.4, -0.2) is 0 Å². The second-order valence-electron chi connectivity index (χ2n) is 3.43. The smallest absolute Gasteiger partial charge is 0.134 e. The molecule has 2 aromatic rings. The molecule has 1 aromatic heterocycles. The normalized spacial score (nSPS) is 10.6. The Morgan fingerprint density at radius 3 is 2.67 bits per heavy atom. The summed E-state index contributed by atoms with van der Waals surface area (Å²) in [4.78, 5) is 0. The van der Waals surface area contributed by atoms with Crippen LogP contribution in [0.4, 0.5) is 4.39 Å². The van der Waals surface area contributed by atoms with Crippen molar-refractivity contribution in [2.24, 2.45) is 5.73 Å². The zero-order valence-corrected chi connectivity index (χ0v) is 8.46. The van der Waals surface area contributed by atoms with Gasteiger partial charge in [-0.1, -0.05) is 12.1 Å². The fourth-order valence-electron chi connectivity index (χ4n) is 1.39. The molecule has 0 aliphatic carbocycles. The summed E-state index contributed by atoms with van der Waals surface area (Å²) >= 11 is 0. The lowest BCUT2D eigenvalue weighted by Crippen LogP contribution is -1.92. The van der Waals surface area contributed by atoms with Gasteiger partial charge in [0.25, 0.3) is 0 Å². The first kappa shape index (κ1) is 9.93. The van der Waals surface area contributed by atoms with Crippen molar-refractivity contribution in [3.63, 3.8) is 0 Å². The minimum atomic E-state index is -0.224. The molecule has 3 heteroatoms. The predicted octanol–water partition coefficient (Wildman–Crippen LogP) is 2.85. The van der Waals surface area contributed by atoms with Gasteiger partial charge in [-0.3, -0.25) is 0 Å². The van der Waals surface area contributed by atoms with Gasteiger partial charge >= 0.3 is 0 Å². The highest BCUT2D eigenvalue weighted by molar-refractivity contribution is 5.58. The topological polar surface area (TPSA) is 39.2 Å². The van der Waals surface area contributed by atoms with Gasteiger partial charge in [0, 0.05) is 5.56 Å². The lowest BCUT2D eigenvalue weighted by molar-refractivity contribution is 0.524. The number of rotatable bonds is 2. The highest BCUT2D eigenvalue weighted by Crippen LogP contribution is 2.23. The van der Waals surface area contributed by atoms with E-state index in [2.05, 4.69) is 0 Å². The van der Waals surface area contributed by atoms with Crippen molar-refractivity contribution >= 4 is 0 Å². The van der Waals surface area contributed by atoms with Gasteiger partial charge in [-0.2, -0.15) is 0 Å². The summed E-state index contributed by atoms with van der Waals surface area (Å²) in [5, 5.41) is 0. The first-order valence-electron chi connectivity index (χ1n) is 4.76. The zero-order valence-electron chi connectivity index (χ0n) is 8.46. The van der Waals surface area contributed by atoms with E-state index in [4.69, 9.17) is 10.2 Å². The molecule has 0 aliphatic heterocycles. The summed E-state index contributed by atoms with van der Waals surface area (Å²) in [6.07, 6.45) is 0. The van der Waals surface area contributed by atoms with E-state index in [0.29, 0.717) is 23.6 Å². The van der Waals surface area contributed by atoms with Crippen molar-refractivity contribution in [3.8, 4) is 11.3 Å². The van der Waals surface area contributed by atoms with E-state index >= 15 is 0 Å². The molecule has 2 N–H and O–H groups in total. The third kappa shape index (κ3) is 1.92. The van der Waals surface area contributed by atoms with Crippen LogP contribution in [0.1, 0.15) is 11.3 Å². The molecule has 1 aromatic carbocycles. The van der Waals surface area contributed by atoms with Crippen LogP contribution in [0.2, 0.25) is 0 Å². The van der Waals surface area contributed by atoms with Crippen LogP contribution >= 0.6 is 0 Å². The van der Waals surface area contributed by atoms with Crippen LogP contribution in [0.15, 0.2) is 34.7 Å². The summed E-state index contributed by atoms with van der Waals surface area (Å²) in [5.74, 6) is 1.12. The van der Waals surface area contributed by atoms with Crippen molar-refractivity contribution in [3.05, 3.63) is 47.5 Å². The monoisotopic (exact) mass is 205 g/mol. The number of hydrogen-bond acceptors (Lipinski definition) is 2. The molecule has 0 saturated carbocycles. The standard InChI is InChI=1S/C12H12FNO/c1-8-2-3-9(6-11(8)13)12-5-4-10(7-14)15-12/h2-6H,7,14H2,1H3. The average molecular weight is 205 g/mol. The van der Waals surface area contributed by atoms with Gasteiger partial charge < -0.3 is 10.2 Å². The maximum Gasteiger partial charge on any atom is 0.134 e. The highest BCUT2D eigenvalue weighted by atomic mass is 19.1. The Balaban J connectivity index is 2.40. The van der Waals surface area contributed by atoms with Gasteiger partial charge in [0.15, 0.2) is 0 Å². The molecule has 2 rings (SSSR count). The number of aryl methyl sites for hydroxylation is 1. The maximum atomic E-state index is 13.3. The van der Waals surface area contributed by atoms with Crippen LogP contribution in [0.5, 0.6) is 0 Å². The van der Waals surface area contributed by atoms with Gasteiger partial charge in [0.1, 0.15) is 17.3 Å². The van der Waals surface area contributed by atoms with Crippen molar-refractivity contribution in [2.45, 2.75) is 13.5 Å². The molecule has 0 aliphatic rings. The van der Waals surface area contributed by atoms with Crippen LogP contribution < -0.4 is 5.73 Å². The molecule has 15 heavy (non-hydrogen) atoms. The molecule has 0 radical (unpaired) electrons. The van der Waals surface area contributed by atoms with E-state index in [1.165, 1.54) is 6.07 Å². The van der Waals surface area contributed by atoms with E-state index in [0.717, 1.165) is 5.56 Å². The van der Waals surface area contributed by atoms with Crippen molar-refractivity contribution in [2.75, 3.05) is 0 Å². The minimum absolute atomic E-state index is 0.224. The third-order valence-corrected chi connectivity index (χ3v) is 2.32. The molecule has 0 atom stereocenters. The van der Waals surface area contributed by atoms with E-state index in [1.54, 1.807) is 25.1 Å². The SMILES string of the molecule is Cc1ccc(-c2ccc(CN)o2)cc1F. The van der Waals surface area contributed by atoms with Gasteiger partial charge in [0.05, 0.1) is 6.54 Å². The number of halogens is 1. The summed E-state index contributed by atoms with van der Waals surface area (Å²) < 4.78 is 18.7. The molecule has 0 amide bonds. The van der Waals surface area contributed by atoms with Gasteiger partial charge in [-0.25, -0.2) is 4.39 Å². The number of nitrogens with two attached hydrogens (primary N) is 1. The Labute approximate surface area is 87.5 Å². The van der Waals surface area contributed by atoms with Gasteiger partial charge in [0.2, 0.25) is 0 Å². The van der Waals surface area contributed by atoms with E-state index < -0.39 is 0 Å². The van der Waals surface area contributed by atoms with Gasteiger partial charge in [-0.15, -0.1) is 0 Å². The second-order valence-corrected chi connectivity index (χ2v) is 3.43. The van der Waals surface area contributed by atoms with Crippen molar-refractivity contribution in [1.29, 1.82) is 0 Å². The second kappa shape index (κ2) is 3.87. The Kier molecular flexibility index (Phi) is 2.56. The fraction of sp³-hybridized carbons (Fsp3) is 0.167. The van der Waals surface area contributed by atoms with Crippen LogP contribution in [0, 0.1) is 12.7 Å². The highest BCUT2D eigenvalue weighted by Gasteiger charge is 2.05. The maximum absolute atomic E-state index is 13.3. The lowest BCUT2D eigenvalue weighted by Gasteiger charge is -1.99. The number of benzene rings is 1. The molecular formula is C12H12FNO. The summed E-state index contributed by atoms with van der Waals surface area (Å²) in [7, 11) is 0. The Morgan fingerprint density at radius 1 is 1.27 bits per heavy atom. The Morgan fingerprint density at radius 2 is 2.07 bits per heavy atom. The lowest BCUT2D eigenvalue weighted by atomic mass is 10.1. The van der Waals surface area contributed by atoms with E-state index in [-0.39, 0.29) is 5.82 Å². The quantitative estimate of drug-likeness (QED) is 0.818. The Bertz CT molecular complexity index is 476. The van der Waals surface area contributed by atoms with E-state index in [1.807, 2.05) is 6.07 Å². The molecule has 2 nitrogen and oxygen atoms in total. The largest absolute Gasteiger partial charge is 0.460 e. The molecule has 0 saturated heterocycles. The van der Waals surface area contributed by atoms with Crippen molar-refractivity contribution < 1.29 is 8.81 Å². The molecule has 0 fully saturated rings. The third-order valence-electron chi connectivity index (χ3n) is 2.32. The summed E-state index contributed by atoms with van der Waals surface area (Å²) in [5.41, 5.74) is 6.79. The first-order chi connectivity index (χ1) is 7.20. The molecule has 1 heterocycles. The Hall–Kier alpha value is -1.61. The molecule has 0 spiro atoms. The predicted molar refractivity (Wildman–Crippen MR) is 56.7 cm³/mol. The van der Waals surface area contributed by atoms with Crippen LogP contribution in [0.3, 0.4) is 0 Å². The first-order valence-corrected chi connectivity index (χ1v) is 4.76. The van der Waals surface area contributed by atoms with Crippen LogP contribution in [-0.2, 0) is 6.54 Å². The van der Waals surface area contributed by atoms with E-state index in [9.17, 15) is 4.39 Å². The zero-order chi connectivity index (χ0) is 10.8. The molecule has 0 unspecified atom stereocenters. The van der Waals surface area contributed by atoms with Crippen LogP contribution in [0.25, 0.3) is 11.3 Å². The molecule has 0 bridgehead atoms.